The fourth-order valence-corrected chi connectivity index (χ4v) is 0.624. The lowest BCUT2D eigenvalue weighted by molar-refractivity contribution is 0.124. The predicted molar refractivity (Wildman–Crippen MR) is 57.3 cm³/mol. The van der Waals surface area contributed by atoms with Gasteiger partial charge in [0, 0.05) is 13.7 Å². The number of halogens is 1. The highest BCUT2D eigenvalue weighted by Gasteiger charge is 1.98. The molecule has 0 amide bonds. The molecule has 11 heavy (non-hydrogen) atoms. The Balaban J connectivity index is 0. The number of hydrogen-bond acceptors (Lipinski definition) is 2. The van der Waals surface area contributed by atoms with Crippen molar-refractivity contribution in [2.24, 2.45) is 0 Å². The standard InChI is InChI=1S/C7H14O2.CH3I/c1-3-7(9-2)5-4-6-8;1-2/h3,7-8H,1,4-6H2,2H3;1H3. The molecule has 0 aromatic carbocycles. The number of rotatable bonds is 5. The molecule has 0 rings (SSSR count). The third-order valence-corrected chi connectivity index (χ3v) is 1.21. The first-order chi connectivity index (χ1) is 5.35. The molecule has 68 valence electrons. The van der Waals surface area contributed by atoms with Gasteiger partial charge in [-0.2, -0.15) is 0 Å². The zero-order chi connectivity index (χ0) is 9.11. The largest absolute Gasteiger partial charge is 0.396 e. The van der Waals surface area contributed by atoms with Gasteiger partial charge in [-0.25, -0.2) is 0 Å². The third-order valence-electron chi connectivity index (χ3n) is 1.21. The smallest absolute Gasteiger partial charge is 0.0750 e. The topological polar surface area (TPSA) is 29.5 Å². The van der Waals surface area contributed by atoms with Crippen LogP contribution in [0.3, 0.4) is 0 Å². The van der Waals surface area contributed by atoms with Gasteiger partial charge in [-0.15, -0.1) is 6.58 Å². The molecule has 0 aliphatic heterocycles. The van der Waals surface area contributed by atoms with Crippen molar-refractivity contribution in [1.82, 2.24) is 0 Å². The van der Waals surface area contributed by atoms with Crippen LogP contribution in [0.1, 0.15) is 12.8 Å². The molecule has 0 bridgehead atoms. The lowest BCUT2D eigenvalue weighted by Crippen LogP contribution is -2.06. The molecule has 0 aliphatic rings. The van der Waals surface area contributed by atoms with E-state index >= 15 is 0 Å². The van der Waals surface area contributed by atoms with Crippen molar-refractivity contribution < 1.29 is 9.84 Å². The minimum absolute atomic E-state index is 0.108. The van der Waals surface area contributed by atoms with Gasteiger partial charge in [0.05, 0.1) is 6.10 Å². The van der Waals surface area contributed by atoms with Crippen LogP contribution in [-0.2, 0) is 4.74 Å². The van der Waals surface area contributed by atoms with Gasteiger partial charge in [-0.3, -0.25) is 0 Å². The van der Waals surface area contributed by atoms with Crippen molar-refractivity contribution >= 4 is 22.6 Å². The van der Waals surface area contributed by atoms with Crippen molar-refractivity contribution in [2.75, 3.05) is 18.6 Å². The summed E-state index contributed by atoms with van der Waals surface area (Å²) < 4.78 is 4.97. The molecule has 2 nitrogen and oxygen atoms in total. The summed E-state index contributed by atoms with van der Waals surface area (Å²) in [5.41, 5.74) is 0. The Bertz CT molecular complexity index is 76.5. The van der Waals surface area contributed by atoms with Crippen molar-refractivity contribution in [3.63, 3.8) is 0 Å². The Morgan fingerprint density at radius 1 is 1.64 bits per heavy atom. The minimum Gasteiger partial charge on any atom is -0.396 e. The van der Waals surface area contributed by atoms with E-state index in [1.807, 2.05) is 4.93 Å². The molecule has 0 heterocycles. The molecule has 0 fully saturated rings. The molecule has 1 N–H and O–H groups in total. The zero-order valence-corrected chi connectivity index (χ0v) is 9.37. The lowest BCUT2D eigenvalue weighted by atomic mass is 10.2. The quantitative estimate of drug-likeness (QED) is 0.471. The van der Waals surface area contributed by atoms with E-state index in [4.69, 9.17) is 9.84 Å². The highest BCUT2D eigenvalue weighted by Crippen LogP contribution is 2.00. The molecule has 1 atom stereocenters. The summed E-state index contributed by atoms with van der Waals surface area (Å²) in [7, 11) is 1.64. The number of aliphatic hydroxyl groups excluding tert-OH is 1. The van der Waals surface area contributed by atoms with Crippen LogP contribution in [0.4, 0.5) is 0 Å². The molecule has 0 aromatic heterocycles. The van der Waals surface area contributed by atoms with Crippen LogP contribution in [-0.4, -0.2) is 29.9 Å². The van der Waals surface area contributed by atoms with Crippen LogP contribution >= 0.6 is 22.6 Å². The summed E-state index contributed by atoms with van der Waals surface area (Å²) in [5, 5.41) is 8.42. The molecular weight excluding hydrogens is 255 g/mol. The minimum atomic E-state index is 0.108. The first kappa shape index (κ1) is 13.9. The monoisotopic (exact) mass is 272 g/mol. The number of methoxy groups -OCH3 is 1. The van der Waals surface area contributed by atoms with Crippen LogP contribution in [0, 0.1) is 0 Å². The Labute approximate surface area is 82.8 Å². The molecular formula is C8H17IO2. The van der Waals surface area contributed by atoms with Gasteiger partial charge >= 0.3 is 0 Å². The average Bonchev–Trinajstić information content (AvgIpc) is 2.10. The number of ether oxygens (including phenoxy) is 1. The van der Waals surface area contributed by atoms with E-state index in [1.165, 1.54) is 0 Å². The van der Waals surface area contributed by atoms with E-state index in [9.17, 15) is 0 Å². The maximum atomic E-state index is 8.42. The summed E-state index contributed by atoms with van der Waals surface area (Å²) in [6.45, 7) is 3.81. The van der Waals surface area contributed by atoms with Crippen molar-refractivity contribution in [2.45, 2.75) is 18.9 Å². The molecule has 3 heteroatoms. The summed E-state index contributed by atoms with van der Waals surface area (Å²) in [6, 6.07) is 0. The molecule has 0 saturated carbocycles. The highest BCUT2D eigenvalue weighted by molar-refractivity contribution is 14.1. The SMILES string of the molecule is C=CC(CCCO)OC.CI. The second kappa shape index (κ2) is 13.0. The Morgan fingerprint density at radius 3 is 2.45 bits per heavy atom. The molecule has 0 aromatic rings. The molecule has 1 unspecified atom stereocenters. The average molecular weight is 272 g/mol. The lowest BCUT2D eigenvalue weighted by Gasteiger charge is -2.07. The third kappa shape index (κ3) is 10.4. The van der Waals surface area contributed by atoms with E-state index < -0.39 is 0 Å². The molecule has 0 spiro atoms. The Hall–Kier alpha value is 0.390. The maximum Gasteiger partial charge on any atom is 0.0750 e. The number of aliphatic hydroxyl groups is 1. The fourth-order valence-electron chi connectivity index (χ4n) is 0.624. The van der Waals surface area contributed by atoms with Crippen molar-refractivity contribution in [3.05, 3.63) is 12.7 Å². The van der Waals surface area contributed by atoms with Crippen molar-refractivity contribution in [3.8, 4) is 0 Å². The highest BCUT2D eigenvalue weighted by atomic mass is 127. The molecule has 0 saturated heterocycles. The van der Waals surface area contributed by atoms with Gasteiger partial charge in [0.25, 0.3) is 0 Å². The zero-order valence-electron chi connectivity index (χ0n) is 7.22. The predicted octanol–water partition coefficient (Wildman–Crippen LogP) is 2.01. The summed E-state index contributed by atoms with van der Waals surface area (Å²) >= 11 is 2.15. The van der Waals surface area contributed by atoms with Gasteiger partial charge in [0.15, 0.2) is 0 Å². The second-order valence-corrected chi connectivity index (χ2v) is 1.88. The Morgan fingerprint density at radius 2 is 2.18 bits per heavy atom. The van der Waals surface area contributed by atoms with Gasteiger partial charge in [0.1, 0.15) is 0 Å². The second-order valence-electron chi connectivity index (χ2n) is 1.88. The van der Waals surface area contributed by atoms with Crippen molar-refractivity contribution in [1.29, 1.82) is 0 Å². The maximum absolute atomic E-state index is 8.42. The van der Waals surface area contributed by atoms with E-state index in [-0.39, 0.29) is 12.7 Å². The van der Waals surface area contributed by atoms with Gasteiger partial charge in [-0.05, 0) is 17.8 Å². The van der Waals surface area contributed by atoms with Gasteiger partial charge in [-0.1, -0.05) is 28.7 Å². The summed E-state index contributed by atoms with van der Waals surface area (Å²) in [5.74, 6) is 0. The van der Waals surface area contributed by atoms with Gasteiger partial charge < -0.3 is 9.84 Å². The first-order valence-corrected chi connectivity index (χ1v) is 5.65. The Kier molecular flexibility index (Phi) is 16.5. The first-order valence-electron chi connectivity index (χ1n) is 3.49. The van der Waals surface area contributed by atoms with Crippen LogP contribution in [0.15, 0.2) is 12.7 Å². The van der Waals surface area contributed by atoms with E-state index in [2.05, 4.69) is 29.2 Å². The van der Waals surface area contributed by atoms with Crippen LogP contribution in [0.5, 0.6) is 0 Å². The normalized spacial score (nSPS) is 11.3. The van der Waals surface area contributed by atoms with E-state index in [0.29, 0.717) is 0 Å². The van der Waals surface area contributed by atoms with Crippen LogP contribution in [0.2, 0.25) is 0 Å². The van der Waals surface area contributed by atoms with Crippen LogP contribution in [0.25, 0.3) is 0 Å². The number of alkyl halides is 1. The van der Waals surface area contributed by atoms with Gasteiger partial charge in [0.2, 0.25) is 0 Å². The summed E-state index contributed by atoms with van der Waals surface area (Å²) in [4.78, 5) is 1.97. The van der Waals surface area contributed by atoms with E-state index in [0.717, 1.165) is 12.8 Å². The fraction of sp³-hybridized carbons (Fsp3) is 0.750. The molecule has 0 radical (unpaired) electrons. The molecule has 0 aliphatic carbocycles. The number of hydrogen-bond donors (Lipinski definition) is 1. The van der Waals surface area contributed by atoms with Crippen LogP contribution < -0.4 is 0 Å². The van der Waals surface area contributed by atoms with E-state index in [1.54, 1.807) is 13.2 Å². The summed E-state index contributed by atoms with van der Waals surface area (Å²) in [6.07, 6.45) is 3.49.